The number of carbonyl (C=O) groups excluding carboxylic acids is 3. The summed E-state index contributed by atoms with van der Waals surface area (Å²) in [6.45, 7) is -1.98. The minimum absolute atomic E-state index is 0.243. The van der Waals surface area contributed by atoms with Crippen molar-refractivity contribution in [3.05, 3.63) is 0 Å². The summed E-state index contributed by atoms with van der Waals surface area (Å²) in [6.07, 6.45) is -2.85. The van der Waals surface area contributed by atoms with E-state index in [1.807, 2.05) is 0 Å². The van der Waals surface area contributed by atoms with E-state index in [-0.39, 0.29) is 26.4 Å². The van der Waals surface area contributed by atoms with Gasteiger partial charge < -0.3 is 34.0 Å². The molecule has 0 radical (unpaired) electrons. The third-order valence-electron chi connectivity index (χ3n) is 1.19. The standard InChI is InChI=1S/C8H12O9/c9-1-2-16-8(13)17-5-6(10)14-3-4-15-7(11)12/h9H,1-5H2,(H,11,12)/p-1. The summed E-state index contributed by atoms with van der Waals surface area (Å²) in [4.78, 5) is 31.3. The van der Waals surface area contributed by atoms with Crippen LogP contribution in [0.15, 0.2) is 0 Å². The number of ether oxygens (including phenoxy) is 4. The third kappa shape index (κ3) is 10.3. The Morgan fingerprint density at radius 3 is 2.18 bits per heavy atom. The van der Waals surface area contributed by atoms with Gasteiger partial charge in [0.25, 0.3) is 6.16 Å². The monoisotopic (exact) mass is 251 g/mol. The van der Waals surface area contributed by atoms with E-state index in [2.05, 4.69) is 18.9 Å². The minimum Gasteiger partial charge on any atom is -0.546 e. The zero-order valence-corrected chi connectivity index (χ0v) is 8.75. The van der Waals surface area contributed by atoms with Crippen LogP contribution in [0.5, 0.6) is 0 Å². The van der Waals surface area contributed by atoms with Crippen molar-refractivity contribution in [1.82, 2.24) is 0 Å². The van der Waals surface area contributed by atoms with E-state index in [1.54, 1.807) is 0 Å². The zero-order chi connectivity index (χ0) is 13.1. The lowest BCUT2D eigenvalue weighted by Gasteiger charge is -2.08. The van der Waals surface area contributed by atoms with Crippen LogP contribution in [0, 0.1) is 0 Å². The molecule has 0 amide bonds. The maximum Gasteiger partial charge on any atom is 0.508 e. The van der Waals surface area contributed by atoms with E-state index in [9.17, 15) is 19.5 Å². The first-order valence-corrected chi connectivity index (χ1v) is 4.46. The molecule has 0 aliphatic carbocycles. The van der Waals surface area contributed by atoms with Crippen molar-refractivity contribution in [2.24, 2.45) is 0 Å². The topological polar surface area (TPSA) is 131 Å². The van der Waals surface area contributed by atoms with Crippen LogP contribution >= 0.6 is 0 Å². The molecule has 0 bridgehead atoms. The number of esters is 1. The second-order valence-corrected chi connectivity index (χ2v) is 2.43. The van der Waals surface area contributed by atoms with Crippen molar-refractivity contribution < 1.29 is 43.5 Å². The van der Waals surface area contributed by atoms with Crippen molar-refractivity contribution in [2.45, 2.75) is 0 Å². The summed E-state index contributed by atoms with van der Waals surface area (Å²) >= 11 is 0. The first-order valence-electron chi connectivity index (χ1n) is 4.46. The highest BCUT2D eigenvalue weighted by Crippen LogP contribution is 1.88. The summed E-state index contributed by atoms with van der Waals surface area (Å²) in [7, 11) is 0. The van der Waals surface area contributed by atoms with Gasteiger partial charge in [-0.25, -0.2) is 9.59 Å². The molecule has 0 unspecified atom stereocenters. The molecule has 0 saturated carbocycles. The van der Waals surface area contributed by atoms with Crippen LogP contribution in [0.25, 0.3) is 0 Å². The van der Waals surface area contributed by atoms with Gasteiger partial charge in [-0.15, -0.1) is 0 Å². The maximum absolute atomic E-state index is 10.8. The second-order valence-electron chi connectivity index (χ2n) is 2.43. The van der Waals surface area contributed by atoms with Crippen LogP contribution in [0.3, 0.4) is 0 Å². The normalized spacial score (nSPS) is 9.24. The van der Waals surface area contributed by atoms with E-state index in [4.69, 9.17) is 5.11 Å². The SMILES string of the molecule is O=C([O-])OCCOC(=O)COC(=O)OCCO. The van der Waals surface area contributed by atoms with Gasteiger partial charge in [0, 0.05) is 0 Å². The number of hydrogen-bond donors (Lipinski definition) is 1. The van der Waals surface area contributed by atoms with E-state index in [0.717, 1.165) is 0 Å². The van der Waals surface area contributed by atoms with Gasteiger partial charge in [0.15, 0.2) is 6.61 Å². The highest BCUT2D eigenvalue weighted by Gasteiger charge is 2.08. The highest BCUT2D eigenvalue weighted by atomic mass is 16.7. The Morgan fingerprint density at radius 2 is 1.59 bits per heavy atom. The van der Waals surface area contributed by atoms with Crippen LogP contribution in [-0.4, -0.2) is 56.4 Å². The van der Waals surface area contributed by atoms with Crippen LogP contribution in [0.1, 0.15) is 0 Å². The first-order chi connectivity index (χ1) is 8.06. The fraction of sp³-hybridized carbons (Fsp3) is 0.625. The molecule has 0 aromatic heterocycles. The summed E-state index contributed by atoms with van der Waals surface area (Å²) in [6, 6.07) is 0. The van der Waals surface area contributed by atoms with Gasteiger partial charge >= 0.3 is 12.1 Å². The van der Waals surface area contributed by atoms with Gasteiger partial charge in [-0.2, -0.15) is 0 Å². The molecule has 0 aromatic carbocycles. The van der Waals surface area contributed by atoms with Crippen molar-refractivity contribution in [2.75, 3.05) is 33.0 Å². The molecule has 0 atom stereocenters. The number of carbonyl (C=O) groups is 3. The van der Waals surface area contributed by atoms with E-state index in [1.165, 1.54) is 0 Å². The van der Waals surface area contributed by atoms with Gasteiger partial charge in [0.05, 0.1) is 13.2 Å². The first kappa shape index (κ1) is 15.0. The lowest BCUT2D eigenvalue weighted by atomic mass is 10.7. The average Bonchev–Trinajstić information content (AvgIpc) is 2.29. The third-order valence-corrected chi connectivity index (χ3v) is 1.19. The Hall–Kier alpha value is -2.03. The minimum atomic E-state index is -1.73. The Balaban J connectivity index is 3.46. The molecule has 0 saturated heterocycles. The molecular formula is C8H11O9-. The number of aliphatic hydroxyl groups excluding tert-OH is 1. The van der Waals surface area contributed by atoms with Gasteiger partial charge in [-0.1, -0.05) is 0 Å². The fourth-order valence-corrected chi connectivity index (χ4v) is 0.611. The molecule has 9 heteroatoms. The van der Waals surface area contributed by atoms with E-state index < -0.39 is 24.9 Å². The Labute approximate surface area is 95.8 Å². The van der Waals surface area contributed by atoms with Crippen LogP contribution in [0.2, 0.25) is 0 Å². The van der Waals surface area contributed by atoms with Crippen LogP contribution in [0.4, 0.5) is 9.59 Å². The molecule has 0 aromatic rings. The number of hydrogen-bond acceptors (Lipinski definition) is 9. The van der Waals surface area contributed by atoms with Gasteiger partial charge in [-0.3, -0.25) is 0 Å². The molecule has 98 valence electrons. The molecular weight excluding hydrogens is 240 g/mol. The van der Waals surface area contributed by atoms with Gasteiger partial charge in [0.2, 0.25) is 0 Å². The average molecular weight is 251 g/mol. The maximum atomic E-state index is 10.8. The number of aliphatic hydroxyl groups is 1. The second kappa shape index (κ2) is 9.21. The Bertz CT molecular complexity index is 262. The molecule has 9 nitrogen and oxygen atoms in total. The summed E-state index contributed by atoms with van der Waals surface area (Å²) in [5, 5.41) is 18.1. The van der Waals surface area contributed by atoms with Gasteiger partial charge in [0.1, 0.15) is 13.2 Å². The fourth-order valence-electron chi connectivity index (χ4n) is 0.611. The number of rotatable bonds is 7. The molecule has 17 heavy (non-hydrogen) atoms. The van der Waals surface area contributed by atoms with E-state index in [0.29, 0.717) is 0 Å². The lowest BCUT2D eigenvalue weighted by Crippen LogP contribution is -2.26. The molecule has 0 heterocycles. The molecule has 0 rings (SSSR count). The summed E-state index contributed by atoms with van der Waals surface area (Å²) in [5.41, 5.74) is 0. The molecule has 0 aliphatic heterocycles. The zero-order valence-electron chi connectivity index (χ0n) is 8.75. The Morgan fingerprint density at radius 1 is 0.941 bits per heavy atom. The largest absolute Gasteiger partial charge is 0.546 e. The smallest absolute Gasteiger partial charge is 0.508 e. The van der Waals surface area contributed by atoms with Crippen molar-refractivity contribution in [1.29, 1.82) is 0 Å². The molecule has 0 spiro atoms. The summed E-state index contributed by atoms with van der Waals surface area (Å²) in [5.74, 6) is -0.895. The lowest BCUT2D eigenvalue weighted by molar-refractivity contribution is -0.283. The predicted octanol–water partition coefficient (Wildman–Crippen LogP) is -1.96. The highest BCUT2D eigenvalue weighted by molar-refractivity contribution is 5.73. The number of carboxylic acid groups (broad SMARTS) is 1. The van der Waals surface area contributed by atoms with Crippen molar-refractivity contribution in [3.63, 3.8) is 0 Å². The molecule has 0 fully saturated rings. The van der Waals surface area contributed by atoms with Crippen LogP contribution < -0.4 is 5.11 Å². The quantitative estimate of drug-likeness (QED) is 0.311. The van der Waals surface area contributed by atoms with Crippen molar-refractivity contribution in [3.8, 4) is 0 Å². The molecule has 0 aliphatic rings. The summed E-state index contributed by atoms with van der Waals surface area (Å²) < 4.78 is 16.9. The van der Waals surface area contributed by atoms with Gasteiger partial charge in [-0.05, 0) is 0 Å². The Kier molecular flexibility index (Phi) is 8.11. The van der Waals surface area contributed by atoms with E-state index >= 15 is 0 Å². The predicted molar refractivity (Wildman–Crippen MR) is 46.7 cm³/mol. The van der Waals surface area contributed by atoms with Crippen LogP contribution in [-0.2, 0) is 23.7 Å². The van der Waals surface area contributed by atoms with Crippen molar-refractivity contribution >= 4 is 18.3 Å². The molecule has 1 N–H and O–H groups in total.